The zero-order chi connectivity index (χ0) is 67.2. The summed E-state index contributed by atoms with van der Waals surface area (Å²) in [4.78, 5) is 159. The third kappa shape index (κ3) is 27.5. The molecule has 4 rings (SSSR count). The predicted molar refractivity (Wildman–Crippen MR) is 330 cm³/mol. The van der Waals surface area contributed by atoms with Gasteiger partial charge < -0.3 is 52.0 Å². The topological polar surface area (TPSA) is 411 Å². The van der Waals surface area contributed by atoms with Crippen molar-refractivity contribution in [2.45, 2.75) is 153 Å². The van der Waals surface area contributed by atoms with Crippen LogP contribution in [-0.2, 0) is 80.4 Å². The molecule has 11 N–H and O–H groups in total. The van der Waals surface area contributed by atoms with Gasteiger partial charge in [-0.15, -0.1) is 0 Å². The van der Waals surface area contributed by atoms with Gasteiger partial charge in [-0.1, -0.05) is 57.0 Å². The molecule has 25 nitrogen and oxygen atoms in total. The minimum atomic E-state index is -4.55. The van der Waals surface area contributed by atoms with Crippen LogP contribution in [0.4, 0.5) is 4.39 Å². The molecular weight excluding hydrogens is 1210 g/mol. The number of ether oxygens (including phenoxy) is 1. The van der Waals surface area contributed by atoms with Crippen molar-refractivity contribution in [1.29, 1.82) is 0 Å². The number of aliphatic carboxylic acids is 3. The van der Waals surface area contributed by atoms with Crippen molar-refractivity contribution >= 4 is 91.5 Å². The van der Waals surface area contributed by atoms with Crippen LogP contribution in [0, 0.1) is 35.4 Å². The van der Waals surface area contributed by atoms with Crippen molar-refractivity contribution in [3.05, 3.63) is 95.9 Å². The number of amides is 5. The molecule has 496 valence electrons. The number of benzene rings is 3. The molecule has 0 saturated carbocycles. The van der Waals surface area contributed by atoms with Crippen LogP contribution in [0.25, 0.3) is 10.9 Å². The zero-order valence-electron chi connectivity index (χ0n) is 51.4. The third-order valence-electron chi connectivity index (χ3n) is 15.2. The molecule has 4 aromatic rings. The fraction of sp³-hybridized carbons (Fsp3) is 0.500. The minimum Gasteiger partial charge on any atom is -0.497 e. The van der Waals surface area contributed by atoms with Gasteiger partial charge in [-0.2, -0.15) is 0 Å². The highest BCUT2D eigenvalue weighted by Gasteiger charge is 2.35. The van der Waals surface area contributed by atoms with E-state index in [4.69, 9.17) is 10.5 Å². The molecular formula is C64H84FN7O18S. The first-order chi connectivity index (χ1) is 43.1. The number of H-pyrrole nitrogens is 1. The van der Waals surface area contributed by atoms with Crippen LogP contribution < -0.4 is 36.5 Å². The van der Waals surface area contributed by atoms with E-state index in [1.54, 1.807) is 30.5 Å². The summed E-state index contributed by atoms with van der Waals surface area (Å²) in [5.74, 6) is -15.1. The van der Waals surface area contributed by atoms with Gasteiger partial charge in [0.1, 0.15) is 17.3 Å². The molecule has 27 heteroatoms. The SMILES string of the molecule is COc1ccc(S(=O)(=O)N[C@H](CC(=O)O)C(=O)C[C@@H](CCC(=O)O)C(=O)NCC(=O)C[C@@H](Cc2cccc(F)c2)C(=O)N[C@@H](Cc2c[nH]c3ccccc23)C(=O)C[C@@H](CCC(=O)O)C(=O)NCCCCCC(=O)C[C@@H](CCCCNC(=O)CC(C)C)C(N)=O)cc1. The predicted octanol–water partition coefficient (Wildman–Crippen LogP) is 5.05. The summed E-state index contributed by atoms with van der Waals surface area (Å²) in [6.45, 7) is 3.60. The fourth-order valence-corrected chi connectivity index (χ4v) is 11.5. The van der Waals surface area contributed by atoms with Gasteiger partial charge in [-0.25, -0.2) is 17.5 Å². The maximum absolute atomic E-state index is 14.6. The Morgan fingerprint density at radius 2 is 1.21 bits per heavy atom. The molecule has 1 aromatic heterocycles. The highest BCUT2D eigenvalue weighted by atomic mass is 32.2. The van der Waals surface area contributed by atoms with E-state index in [0.29, 0.717) is 73.7 Å². The van der Waals surface area contributed by atoms with Crippen LogP contribution >= 0.6 is 0 Å². The van der Waals surface area contributed by atoms with Crippen LogP contribution in [0.2, 0.25) is 0 Å². The molecule has 0 radical (unpaired) electrons. The molecule has 6 atom stereocenters. The van der Waals surface area contributed by atoms with Crippen molar-refractivity contribution < 1.29 is 90.4 Å². The van der Waals surface area contributed by atoms with Gasteiger partial charge in [-0.3, -0.25) is 57.5 Å². The Balaban J connectivity index is 1.48. The Kier molecular flexibility index (Phi) is 31.3. The van der Waals surface area contributed by atoms with E-state index < -0.39 is 162 Å². The number of para-hydroxylation sites is 1. The standard InChI is InChI=1S/C64H84FN7O18S/c1-39(2)28-57(77)67-26-10-8-13-41(61(66)84)31-47(73)15-5-4-9-27-68-62(85)42(18-24-58(78)79)34-55(75)53(33-45-37-69-52-17-7-6-16-51(45)52)71-64(87)44(29-40-12-11-14-46(65)30-40)32-48(74)38-70-63(86)43(19-25-59(80)81)35-56(76)54(36-60(82)83)72-91(88,89)50-22-20-49(90-3)21-23-50/h6-7,11-12,14,16-17,20-23,30,37,39,41-44,53-54,69,72H,4-5,8-10,13,15,18-19,24-29,31-36,38H2,1-3H3,(H2,66,84)(H,67,77)(H,68,85)(H,70,86)(H,71,87)(H,78,79)(H,80,81)(H,82,83)/t41-,42-,43-,44-,53+,54-/m1/s1. The maximum Gasteiger partial charge on any atom is 0.305 e. The molecule has 3 aromatic carbocycles. The van der Waals surface area contributed by atoms with Crippen LogP contribution in [0.3, 0.4) is 0 Å². The lowest BCUT2D eigenvalue weighted by Gasteiger charge is -2.24. The average Bonchev–Trinajstić information content (AvgIpc) is 2.24. The first kappa shape index (κ1) is 74.7. The lowest BCUT2D eigenvalue weighted by Crippen LogP contribution is -2.47. The fourth-order valence-electron chi connectivity index (χ4n) is 10.2. The van der Waals surface area contributed by atoms with Crippen LogP contribution in [0.1, 0.15) is 134 Å². The molecule has 0 aliphatic rings. The van der Waals surface area contributed by atoms with Gasteiger partial charge in [0.15, 0.2) is 17.3 Å². The molecule has 0 saturated heterocycles. The van der Waals surface area contributed by atoms with E-state index in [9.17, 15) is 85.7 Å². The van der Waals surface area contributed by atoms with Gasteiger partial charge in [-0.05, 0) is 104 Å². The summed E-state index contributed by atoms with van der Waals surface area (Å²) >= 11 is 0. The molecule has 0 bridgehead atoms. The Morgan fingerprint density at radius 3 is 1.82 bits per heavy atom. The smallest absolute Gasteiger partial charge is 0.305 e. The van der Waals surface area contributed by atoms with Gasteiger partial charge in [0.25, 0.3) is 0 Å². The number of Topliss-reactive ketones (excluding diaryl/α,β-unsaturated/α-hetero) is 4. The maximum atomic E-state index is 14.6. The number of sulfonamides is 1. The molecule has 0 aliphatic heterocycles. The summed E-state index contributed by atoms with van der Waals surface area (Å²) in [7, 11) is -3.21. The highest BCUT2D eigenvalue weighted by molar-refractivity contribution is 7.89. The number of hydrogen-bond acceptors (Lipinski definition) is 15. The number of hydrogen-bond donors (Lipinski definition) is 10. The number of carbonyl (C=O) groups excluding carboxylic acids is 9. The number of aromatic amines is 1. The second-order valence-corrected chi connectivity index (χ2v) is 24.8. The Morgan fingerprint density at radius 1 is 0.593 bits per heavy atom. The van der Waals surface area contributed by atoms with E-state index in [1.807, 2.05) is 18.6 Å². The Labute approximate surface area is 527 Å². The number of unbranched alkanes of at least 4 members (excludes halogenated alkanes) is 3. The number of aromatic nitrogens is 1. The summed E-state index contributed by atoms with van der Waals surface area (Å²) < 4.78 is 48.2. The van der Waals surface area contributed by atoms with Crippen molar-refractivity contribution in [2.24, 2.45) is 35.3 Å². The minimum absolute atomic E-state index is 0.0303. The number of carbonyl (C=O) groups is 12. The quantitative estimate of drug-likeness (QED) is 0.0259. The zero-order valence-corrected chi connectivity index (χ0v) is 52.2. The normalized spacial score (nSPS) is 13.4. The van der Waals surface area contributed by atoms with E-state index in [0.717, 1.165) is 24.3 Å². The Hall–Kier alpha value is -8.72. The number of fused-ring (bicyclic) bond motifs is 1. The van der Waals surface area contributed by atoms with Crippen LogP contribution in [0.15, 0.2) is 83.9 Å². The van der Waals surface area contributed by atoms with Crippen molar-refractivity contribution in [2.75, 3.05) is 26.7 Å². The first-order valence-corrected chi connectivity index (χ1v) is 31.7. The van der Waals surface area contributed by atoms with Crippen LogP contribution in [-0.4, -0.2) is 138 Å². The number of halogens is 1. The number of rotatable bonds is 46. The monoisotopic (exact) mass is 1290 g/mol. The van der Waals surface area contributed by atoms with Gasteiger partial charge >= 0.3 is 17.9 Å². The van der Waals surface area contributed by atoms with Crippen molar-refractivity contribution in [3.8, 4) is 5.75 Å². The molecule has 5 amide bonds. The van der Waals surface area contributed by atoms with E-state index >= 15 is 0 Å². The van der Waals surface area contributed by atoms with Gasteiger partial charge in [0.05, 0.1) is 37.1 Å². The second kappa shape index (κ2) is 38.1. The number of primary amides is 1. The largest absolute Gasteiger partial charge is 0.497 e. The number of carboxylic acids is 3. The van der Waals surface area contributed by atoms with E-state index in [-0.39, 0.29) is 66.7 Å². The Bertz CT molecular complexity index is 3300. The molecule has 0 fully saturated rings. The molecule has 0 unspecified atom stereocenters. The van der Waals surface area contributed by atoms with Gasteiger partial charge in [0.2, 0.25) is 39.6 Å². The van der Waals surface area contributed by atoms with E-state index in [2.05, 4.69) is 26.3 Å². The first-order valence-electron chi connectivity index (χ1n) is 30.3. The lowest BCUT2D eigenvalue weighted by molar-refractivity contribution is -0.140. The summed E-state index contributed by atoms with van der Waals surface area (Å²) in [5, 5.41) is 40.1. The van der Waals surface area contributed by atoms with Crippen molar-refractivity contribution in [3.63, 3.8) is 0 Å². The lowest BCUT2D eigenvalue weighted by atomic mass is 9.89. The number of ketones is 4. The molecule has 1 heterocycles. The van der Waals surface area contributed by atoms with Gasteiger partial charge in [0, 0.05) is 112 Å². The summed E-state index contributed by atoms with van der Waals surface area (Å²) in [6.07, 6.45) is -0.521. The van der Waals surface area contributed by atoms with Crippen molar-refractivity contribution in [1.82, 2.24) is 31.0 Å². The second-order valence-electron chi connectivity index (χ2n) is 23.1. The number of nitrogens with two attached hydrogens (primary N) is 1. The molecule has 0 aliphatic carbocycles. The number of nitrogens with one attached hydrogen (secondary N) is 6. The highest BCUT2D eigenvalue weighted by Crippen LogP contribution is 2.25. The average molecular weight is 1290 g/mol. The van der Waals surface area contributed by atoms with Crippen LogP contribution in [0.5, 0.6) is 5.75 Å². The molecule has 0 spiro atoms. The summed E-state index contributed by atoms with van der Waals surface area (Å²) in [5.41, 5.74) is 7.09. The molecule has 91 heavy (non-hydrogen) atoms. The third-order valence-corrected chi connectivity index (χ3v) is 16.7. The number of methoxy groups -OCH3 is 1. The number of carboxylic acid groups (broad SMARTS) is 3. The van der Waals surface area contributed by atoms with E-state index in [1.165, 1.54) is 31.4 Å². The summed E-state index contributed by atoms with van der Waals surface area (Å²) in [6, 6.07) is 13.7.